The van der Waals surface area contributed by atoms with Crippen molar-refractivity contribution in [3.8, 4) is 17.2 Å². The van der Waals surface area contributed by atoms with Crippen LogP contribution in [0.4, 0.5) is 0 Å². The van der Waals surface area contributed by atoms with E-state index in [0.29, 0.717) is 35.6 Å². The van der Waals surface area contributed by atoms with Gasteiger partial charge in [0.1, 0.15) is 22.4 Å². The van der Waals surface area contributed by atoms with E-state index < -0.39 is 0 Å². The quantitative estimate of drug-likeness (QED) is 0.251. The summed E-state index contributed by atoms with van der Waals surface area (Å²) in [5, 5.41) is 7.08. The molecule has 7 nitrogen and oxygen atoms in total. The summed E-state index contributed by atoms with van der Waals surface area (Å²) in [5.41, 5.74) is 1.12. The molecule has 0 aliphatic heterocycles. The van der Waals surface area contributed by atoms with Gasteiger partial charge in [0.15, 0.2) is 5.96 Å². The number of benzene rings is 1. The van der Waals surface area contributed by atoms with Crippen LogP contribution in [-0.2, 0) is 6.42 Å². The molecule has 0 aliphatic rings. The summed E-state index contributed by atoms with van der Waals surface area (Å²) >= 11 is 5.81. The molecule has 0 fully saturated rings. The summed E-state index contributed by atoms with van der Waals surface area (Å²) in [6, 6.07) is 9.26. The van der Waals surface area contributed by atoms with Crippen molar-refractivity contribution in [3.05, 3.63) is 47.2 Å². The lowest BCUT2D eigenvalue weighted by molar-refractivity contribution is 0.307. The van der Waals surface area contributed by atoms with Gasteiger partial charge < -0.3 is 24.8 Å². The highest BCUT2D eigenvalue weighted by Crippen LogP contribution is 2.27. The van der Waals surface area contributed by atoms with Gasteiger partial charge in [0.25, 0.3) is 0 Å². The number of halogens is 1. The number of nitrogens with one attached hydrogen (secondary N) is 2. The average Bonchev–Trinajstić information content (AvgIpc) is 2.74. The Morgan fingerprint density at radius 2 is 1.79 bits per heavy atom. The van der Waals surface area contributed by atoms with Crippen molar-refractivity contribution in [2.24, 2.45) is 4.99 Å². The molecule has 0 bridgehead atoms. The van der Waals surface area contributed by atoms with E-state index in [-0.39, 0.29) is 0 Å². The molecule has 8 heteroatoms. The molecule has 29 heavy (non-hydrogen) atoms. The van der Waals surface area contributed by atoms with Crippen LogP contribution in [0.1, 0.15) is 18.9 Å². The fourth-order valence-corrected chi connectivity index (χ4v) is 2.64. The number of pyridine rings is 1. The molecule has 0 amide bonds. The van der Waals surface area contributed by atoms with Gasteiger partial charge in [-0.05, 0) is 25.0 Å². The minimum Gasteiger partial charge on any atom is -0.496 e. The second kappa shape index (κ2) is 12.7. The third-order valence-corrected chi connectivity index (χ3v) is 4.23. The van der Waals surface area contributed by atoms with Gasteiger partial charge in [0, 0.05) is 50.5 Å². The maximum Gasteiger partial charge on any atom is 0.191 e. The number of methoxy groups -OCH3 is 2. The van der Waals surface area contributed by atoms with Crippen LogP contribution in [0.15, 0.2) is 41.5 Å². The van der Waals surface area contributed by atoms with E-state index in [0.717, 1.165) is 37.5 Å². The first-order valence-corrected chi connectivity index (χ1v) is 10.0. The molecule has 158 valence electrons. The third kappa shape index (κ3) is 8.48. The number of nitrogens with zero attached hydrogens (tertiary/aromatic N) is 2. The smallest absolute Gasteiger partial charge is 0.191 e. The number of ether oxygens (including phenoxy) is 3. The standard InChI is InChI=1S/C21H29ClN4O3/c1-4-23-21(25-10-8-16-6-7-20(22)26-15-16)24-9-5-11-29-19-13-17(27-2)12-18(14-19)28-3/h6-7,12-15H,4-5,8-11H2,1-3H3,(H2,23,24,25). The Bertz CT molecular complexity index is 747. The molecule has 1 aromatic carbocycles. The summed E-state index contributed by atoms with van der Waals surface area (Å²) in [5.74, 6) is 2.91. The Hall–Kier alpha value is -2.67. The SMILES string of the molecule is CCNC(=NCCCOc1cc(OC)cc(OC)c1)NCCc1ccc(Cl)nc1. The van der Waals surface area contributed by atoms with Crippen LogP contribution < -0.4 is 24.8 Å². The summed E-state index contributed by atoms with van der Waals surface area (Å²) in [6.45, 7) is 4.80. The van der Waals surface area contributed by atoms with Gasteiger partial charge in [-0.15, -0.1) is 0 Å². The molecular formula is C21H29ClN4O3. The molecule has 0 unspecified atom stereocenters. The van der Waals surface area contributed by atoms with Crippen LogP contribution in [0.3, 0.4) is 0 Å². The second-order valence-corrected chi connectivity index (χ2v) is 6.56. The first-order valence-electron chi connectivity index (χ1n) is 9.63. The maximum absolute atomic E-state index is 5.81. The molecular weight excluding hydrogens is 392 g/mol. The van der Waals surface area contributed by atoms with Crippen LogP contribution in [0.25, 0.3) is 0 Å². The first-order chi connectivity index (χ1) is 14.1. The highest BCUT2D eigenvalue weighted by atomic mass is 35.5. The minimum atomic E-state index is 0.506. The van der Waals surface area contributed by atoms with Crippen molar-refractivity contribution in [1.82, 2.24) is 15.6 Å². The zero-order chi connectivity index (χ0) is 20.9. The van der Waals surface area contributed by atoms with E-state index in [1.165, 1.54) is 0 Å². The monoisotopic (exact) mass is 420 g/mol. The van der Waals surface area contributed by atoms with Crippen LogP contribution in [0, 0.1) is 0 Å². The predicted octanol–water partition coefficient (Wildman–Crippen LogP) is 3.32. The van der Waals surface area contributed by atoms with Crippen molar-refractivity contribution in [1.29, 1.82) is 0 Å². The predicted molar refractivity (Wildman–Crippen MR) is 117 cm³/mol. The van der Waals surface area contributed by atoms with Gasteiger partial charge in [0.2, 0.25) is 0 Å². The molecule has 0 spiro atoms. The highest BCUT2D eigenvalue weighted by Gasteiger charge is 2.03. The lowest BCUT2D eigenvalue weighted by atomic mass is 10.2. The summed E-state index contributed by atoms with van der Waals surface area (Å²) in [4.78, 5) is 8.68. The minimum absolute atomic E-state index is 0.506. The molecule has 0 saturated heterocycles. The lowest BCUT2D eigenvalue weighted by Gasteiger charge is -2.12. The van der Waals surface area contributed by atoms with Crippen molar-refractivity contribution >= 4 is 17.6 Å². The summed E-state index contributed by atoms with van der Waals surface area (Å²) in [6.07, 6.45) is 3.42. The molecule has 0 aliphatic carbocycles. The van der Waals surface area contributed by atoms with E-state index in [1.807, 2.05) is 31.2 Å². The van der Waals surface area contributed by atoms with Gasteiger partial charge in [-0.1, -0.05) is 17.7 Å². The van der Waals surface area contributed by atoms with Crippen LogP contribution in [-0.4, -0.2) is 51.4 Å². The van der Waals surface area contributed by atoms with E-state index >= 15 is 0 Å². The Morgan fingerprint density at radius 1 is 1.07 bits per heavy atom. The fourth-order valence-electron chi connectivity index (χ4n) is 2.53. The molecule has 1 aromatic heterocycles. The average molecular weight is 421 g/mol. The molecule has 2 N–H and O–H groups in total. The van der Waals surface area contributed by atoms with Crippen molar-refractivity contribution in [2.45, 2.75) is 19.8 Å². The molecule has 0 saturated carbocycles. The Labute approximate surface area is 177 Å². The fraction of sp³-hybridized carbons (Fsp3) is 0.429. The van der Waals surface area contributed by atoms with Gasteiger partial charge in [-0.25, -0.2) is 4.98 Å². The van der Waals surface area contributed by atoms with Gasteiger partial charge >= 0.3 is 0 Å². The molecule has 0 atom stereocenters. The Balaban J connectivity index is 1.74. The van der Waals surface area contributed by atoms with E-state index in [4.69, 9.17) is 25.8 Å². The summed E-state index contributed by atoms with van der Waals surface area (Å²) in [7, 11) is 3.23. The van der Waals surface area contributed by atoms with E-state index in [2.05, 4.69) is 20.6 Å². The molecule has 1 heterocycles. The topological polar surface area (TPSA) is 77.0 Å². The van der Waals surface area contributed by atoms with Crippen molar-refractivity contribution in [3.63, 3.8) is 0 Å². The van der Waals surface area contributed by atoms with Crippen LogP contribution in [0.5, 0.6) is 17.2 Å². The zero-order valence-corrected chi connectivity index (χ0v) is 18.0. The zero-order valence-electron chi connectivity index (χ0n) is 17.2. The number of guanidine groups is 1. The summed E-state index contributed by atoms with van der Waals surface area (Å²) < 4.78 is 16.3. The van der Waals surface area contributed by atoms with Crippen molar-refractivity contribution < 1.29 is 14.2 Å². The van der Waals surface area contributed by atoms with E-state index in [1.54, 1.807) is 26.5 Å². The Morgan fingerprint density at radius 3 is 2.41 bits per heavy atom. The number of aromatic nitrogens is 1. The largest absolute Gasteiger partial charge is 0.496 e. The lowest BCUT2D eigenvalue weighted by Crippen LogP contribution is -2.38. The second-order valence-electron chi connectivity index (χ2n) is 6.18. The van der Waals surface area contributed by atoms with E-state index in [9.17, 15) is 0 Å². The van der Waals surface area contributed by atoms with Crippen LogP contribution in [0.2, 0.25) is 5.15 Å². The van der Waals surface area contributed by atoms with Gasteiger partial charge in [0.05, 0.1) is 20.8 Å². The maximum atomic E-state index is 5.81. The molecule has 0 radical (unpaired) electrons. The normalized spacial score (nSPS) is 11.1. The van der Waals surface area contributed by atoms with Crippen molar-refractivity contribution in [2.75, 3.05) is 40.5 Å². The number of rotatable bonds is 11. The molecule has 2 rings (SSSR count). The van der Waals surface area contributed by atoms with Gasteiger partial charge in [-0.2, -0.15) is 0 Å². The number of hydrogen-bond donors (Lipinski definition) is 2. The number of aliphatic imine (C=N–C) groups is 1. The third-order valence-electron chi connectivity index (χ3n) is 4.01. The Kier molecular flexibility index (Phi) is 9.92. The molecule has 2 aromatic rings. The first kappa shape index (κ1) is 22.6. The van der Waals surface area contributed by atoms with Crippen LogP contribution >= 0.6 is 11.6 Å². The number of hydrogen-bond acceptors (Lipinski definition) is 5. The van der Waals surface area contributed by atoms with Gasteiger partial charge in [-0.3, -0.25) is 4.99 Å². The highest BCUT2D eigenvalue weighted by molar-refractivity contribution is 6.29.